The summed E-state index contributed by atoms with van der Waals surface area (Å²) in [5.74, 6) is -0.320. The number of imidazole rings is 1. The van der Waals surface area contributed by atoms with Gasteiger partial charge < -0.3 is 14.0 Å². The van der Waals surface area contributed by atoms with E-state index in [1.165, 1.54) is 0 Å². The minimum absolute atomic E-state index is 0.0753. The number of fused-ring (bicyclic) bond motifs is 1. The summed E-state index contributed by atoms with van der Waals surface area (Å²) in [6.07, 6.45) is 4.96. The topological polar surface area (TPSA) is 63.9 Å². The van der Waals surface area contributed by atoms with Crippen molar-refractivity contribution in [2.75, 3.05) is 19.7 Å². The third-order valence-corrected chi connectivity index (χ3v) is 4.24. The molecule has 0 aliphatic carbocycles. The number of hydrogen-bond acceptors (Lipinski definition) is 4. The Morgan fingerprint density at radius 2 is 2.09 bits per heavy atom. The third-order valence-electron chi connectivity index (χ3n) is 4.24. The van der Waals surface area contributed by atoms with Crippen LogP contribution in [0.1, 0.15) is 35.8 Å². The zero-order chi connectivity index (χ0) is 16.4. The predicted octanol–water partition coefficient (Wildman–Crippen LogP) is 2.06. The van der Waals surface area contributed by atoms with Crippen LogP contribution in [0, 0.1) is 12.8 Å². The number of likely N-dealkylation sites (tertiary alicyclic amines) is 1. The number of ether oxygens (including phenoxy) is 1. The molecule has 2 aromatic heterocycles. The van der Waals surface area contributed by atoms with Crippen molar-refractivity contribution in [1.29, 1.82) is 0 Å². The summed E-state index contributed by atoms with van der Waals surface area (Å²) in [6, 6.07) is 3.93. The summed E-state index contributed by atoms with van der Waals surface area (Å²) in [7, 11) is 0. The van der Waals surface area contributed by atoms with Gasteiger partial charge in [-0.05, 0) is 44.4 Å². The number of aromatic nitrogens is 2. The van der Waals surface area contributed by atoms with E-state index in [4.69, 9.17) is 4.74 Å². The van der Waals surface area contributed by atoms with Crippen LogP contribution >= 0.6 is 0 Å². The van der Waals surface area contributed by atoms with Gasteiger partial charge in [0.1, 0.15) is 11.3 Å². The molecular weight excluding hydrogens is 294 g/mol. The minimum Gasteiger partial charge on any atom is -0.466 e. The van der Waals surface area contributed by atoms with Crippen molar-refractivity contribution >= 4 is 17.5 Å². The highest BCUT2D eigenvalue weighted by Gasteiger charge is 2.29. The molecule has 2 aromatic rings. The summed E-state index contributed by atoms with van der Waals surface area (Å²) in [5.41, 5.74) is 2.33. The molecule has 6 heteroatoms. The second kappa shape index (κ2) is 6.40. The zero-order valence-electron chi connectivity index (χ0n) is 13.5. The Balaban J connectivity index is 1.67. The average Bonchev–Trinajstić information content (AvgIpc) is 2.97. The molecule has 0 spiro atoms. The Kier molecular flexibility index (Phi) is 4.32. The molecule has 6 nitrogen and oxygen atoms in total. The maximum absolute atomic E-state index is 12.6. The highest BCUT2D eigenvalue weighted by atomic mass is 16.5. The lowest BCUT2D eigenvalue weighted by molar-refractivity contribution is -0.149. The van der Waals surface area contributed by atoms with Gasteiger partial charge in [0.25, 0.3) is 5.91 Å². The van der Waals surface area contributed by atoms with Gasteiger partial charge in [-0.2, -0.15) is 0 Å². The van der Waals surface area contributed by atoms with Gasteiger partial charge in [-0.1, -0.05) is 0 Å². The molecule has 1 saturated heterocycles. The molecule has 0 bridgehead atoms. The van der Waals surface area contributed by atoms with Gasteiger partial charge in [0, 0.05) is 25.5 Å². The first-order chi connectivity index (χ1) is 11.1. The smallest absolute Gasteiger partial charge is 0.309 e. The number of carbonyl (C=O) groups is 2. The number of rotatable bonds is 3. The van der Waals surface area contributed by atoms with Crippen LogP contribution in [0.5, 0.6) is 0 Å². The molecule has 23 heavy (non-hydrogen) atoms. The van der Waals surface area contributed by atoms with E-state index in [9.17, 15) is 9.59 Å². The molecule has 0 saturated carbocycles. The van der Waals surface area contributed by atoms with Crippen molar-refractivity contribution < 1.29 is 14.3 Å². The van der Waals surface area contributed by atoms with Crippen LogP contribution in [0.15, 0.2) is 24.5 Å². The highest BCUT2D eigenvalue weighted by Crippen LogP contribution is 2.20. The third kappa shape index (κ3) is 3.21. The monoisotopic (exact) mass is 315 g/mol. The maximum atomic E-state index is 12.6. The Hall–Kier alpha value is -2.37. The number of nitrogens with zero attached hydrogens (tertiary/aromatic N) is 3. The van der Waals surface area contributed by atoms with Crippen LogP contribution in [0.25, 0.3) is 5.65 Å². The van der Waals surface area contributed by atoms with Crippen LogP contribution < -0.4 is 0 Å². The quantitative estimate of drug-likeness (QED) is 0.813. The van der Waals surface area contributed by atoms with Gasteiger partial charge in [0.15, 0.2) is 0 Å². The summed E-state index contributed by atoms with van der Waals surface area (Å²) in [4.78, 5) is 30.5. The van der Waals surface area contributed by atoms with E-state index in [2.05, 4.69) is 4.98 Å². The van der Waals surface area contributed by atoms with Crippen molar-refractivity contribution in [3.05, 3.63) is 35.8 Å². The average molecular weight is 315 g/mol. The first-order valence-electron chi connectivity index (χ1n) is 7.99. The minimum atomic E-state index is -0.150. The number of esters is 1. The Morgan fingerprint density at radius 1 is 1.35 bits per heavy atom. The fourth-order valence-corrected chi connectivity index (χ4v) is 2.93. The SMILES string of the molecule is CCOC(=O)C1CCN(C(=O)c2cn3ccc(C)cc3n2)CC1. The fourth-order valence-electron chi connectivity index (χ4n) is 2.93. The molecule has 0 radical (unpaired) electrons. The number of amides is 1. The molecule has 1 aliphatic heterocycles. The summed E-state index contributed by atoms with van der Waals surface area (Å²) in [6.45, 7) is 5.33. The van der Waals surface area contributed by atoms with Crippen molar-refractivity contribution in [3.8, 4) is 0 Å². The van der Waals surface area contributed by atoms with Crippen LogP contribution in [0.3, 0.4) is 0 Å². The number of aryl methyl sites for hydroxylation is 1. The van der Waals surface area contributed by atoms with E-state index in [1.54, 1.807) is 11.1 Å². The second-order valence-electron chi connectivity index (χ2n) is 5.91. The first kappa shape index (κ1) is 15.5. The van der Waals surface area contributed by atoms with E-state index >= 15 is 0 Å². The fraction of sp³-hybridized carbons (Fsp3) is 0.471. The lowest BCUT2D eigenvalue weighted by atomic mass is 9.97. The molecule has 0 aromatic carbocycles. The molecule has 1 aliphatic rings. The predicted molar refractivity (Wildman–Crippen MR) is 85.2 cm³/mol. The van der Waals surface area contributed by atoms with E-state index in [0.29, 0.717) is 38.2 Å². The lowest BCUT2D eigenvalue weighted by Crippen LogP contribution is -2.40. The first-order valence-corrected chi connectivity index (χ1v) is 7.99. The van der Waals surface area contributed by atoms with Crippen LogP contribution in [0.4, 0.5) is 0 Å². The van der Waals surface area contributed by atoms with Gasteiger partial charge in [0.2, 0.25) is 0 Å². The van der Waals surface area contributed by atoms with E-state index in [0.717, 1.165) is 11.2 Å². The van der Waals surface area contributed by atoms with E-state index < -0.39 is 0 Å². The van der Waals surface area contributed by atoms with Crippen molar-refractivity contribution in [2.24, 2.45) is 5.92 Å². The molecule has 1 amide bonds. The summed E-state index contributed by atoms with van der Waals surface area (Å²) in [5, 5.41) is 0. The normalized spacial score (nSPS) is 15.8. The molecule has 0 unspecified atom stereocenters. The lowest BCUT2D eigenvalue weighted by Gasteiger charge is -2.30. The van der Waals surface area contributed by atoms with E-state index in [-0.39, 0.29) is 17.8 Å². The molecular formula is C17H21N3O3. The van der Waals surface area contributed by atoms with Crippen LogP contribution in [0.2, 0.25) is 0 Å². The molecule has 1 fully saturated rings. The Morgan fingerprint density at radius 3 is 2.78 bits per heavy atom. The molecule has 0 atom stereocenters. The highest BCUT2D eigenvalue weighted by molar-refractivity contribution is 5.93. The molecule has 3 rings (SSSR count). The number of piperidine rings is 1. The van der Waals surface area contributed by atoms with Gasteiger partial charge in [-0.3, -0.25) is 9.59 Å². The number of hydrogen-bond donors (Lipinski definition) is 0. The van der Waals surface area contributed by atoms with Gasteiger partial charge >= 0.3 is 5.97 Å². The zero-order valence-corrected chi connectivity index (χ0v) is 13.5. The second-order valence-corrected chi connectivity index (χ2v) is 5.91. The van der Waals surface area contributed by atoms with Gasteiger partial charge in [0.05, 0.1) is 12.5 Å². The molecule has 122 valence electrons. The summed E-state index contributed by atoms with van der Waals surface area (Å²) < 4.78 is 6.91. The van der Waals surface area contributed by atoms with Crippen molar-refractivity contribution in [2.45, 2.75) is 26.7 Å². The van der Waals surface area contributed by atoms with Gasteiger partial charge in [-0.15, -0.1) is 0 Å². The standard InChI is InChI=1S/C17H21N3O3/c1-3-23-17(22)13-5-8-19(9-6-13)16(21)14-11-20-7-4-12(2)10-15(20)18-14/h4,7,10-11,13H,3,5-6,8-9H2,1-2H3. The maximum Gasteiger partial charge on any atom is 0.309 e. The number of pyridine rings is 1. The van der Waals surface area contributed by atoms with Crippen LogP contribution in [-0.2, 0) is 9.53 Å². The molecule has 3 heterocycles. The Labute approximate surface area is 135 Å². The van der Waals surface area contributed by atoms with E-state index in [1.807, 2.05) is 36.6 Å². The summed E-state index contributed by atoms with van der Waals surface area (Å²) >= 11 is 0. The van der Waals surface area contributed by atoms with Crippen molar-refractivity contribution in [1.82, 2.24) is 14.3 Å². The van der Waals surface area contributed by atoms with Crippen LogP contribution in [-0.4, -0.2) is 45.9 Å². The van der Waals surface area contributed by atoms with Gasteiger partial charge in [-0.25, -0.2) is 4.98 Å². The molecule has 0 N–H and O–H groups in total. The largest absolute Gasteiger partial charge is 0.466 e. The Bertz CT molecular complexity index is 730. The number of carbonyl (C=O) groups excluding carboxylic acids is 2. The van der Waals surface area contributed by atoms with Crippen molar-refractivity contribution in [3.63, 3.8) is 0 Å².